The van der Waals surface area contributed by atoms with Gasteiger partial charge in [0.2, 0.25) is 5.88 Å². The van der Waals surface area contributed by atoms with Gasteiger partial charge in [-0.2, -0.15) is 0 Å². The summed E-state index contributed by atoms with van der Waals surface area (Å²) >= 11 is 0. The van der Waals surface area contributed by atoms with Gasteiger partial charge in [0.1, 0.15) is 5.75 Å². The number of hydrogen-bond donors (Lipinski definition) is 1. The molecule has 0 bridgehead atoms. The first kappa shape index (κ1) is 10.6. The molecule has 0 saturated heterocycles. The van der Waals surface area contributed by atoms with Gasteiger partial charge < -0.3 is 9.84 Å². The van der Waals surface area contributed by atoms with Gasteiger partial charge in [-0.3, -0.25) is 4.98 Å². The summed E-state index contributed by atoms with van der Waals surface area (Å²) < 4.78 is 5.57. The van der Waals surface area contributed by atoms with E-state index in [0.29, 0.717) is 11.6 Å². The third-order valence-corrected chi connectivity index (χ3v) is 2.13. The third kappa shape index (κ3) is 2.35. The van der Waals surface area contributed by atoms with Gasteiger partial charge in [-0.1, -0.05) is 18.2 Å². The molecule has 0 unspecified atom stereocenters. The monoisotopic (exact) mass is 216 g/mol. The second-order valence-corrected chi connectivity index (χ2v) is 3.37. The van der Waals surface area contributed by atoms with Gasteiger partial charge in [-0.05, 0) is 18.6 Å². The second-order valence-electron chi connectivity index (χ2n) is 3.37. The van der Waals surface area contributed by atoms with E-state index in [1.165, 1.54) is 12.4 Å². The minimum Gasteiger partial charge on any atom is -0.437 e. The minimum atomic E-state index is -0.141. The van der Waals surface area contributed by atoms with Gasteiger partial charge in [-0.15, -0.1) is 0 Å². The summed E-state index contributed by atoms with van der Waals surface area (Å²) in [6.07, 6.45) is 3.02. The van der Waals surface area contributed by atoms with Gasteiger partial charge in [0.15, 0.2) is 0 Å². The number of para-hydroxylation sites is 1. The Morgan fingerprint density at radius 1 is 1.25 bits per heavy atom. The van der Waals surface area contributed by atoms with Crippen molar-refractivity contribution in [3.05, 3.63) is 47.9 Å². The largest absolute Gasteiger partial charge is 0.437 e. The van der Waals surface area contributed by atoms with E-state index < -0.39 is 0 Å². The Hall–Kier alpha value is -1.94. The van der Waals surface area contributed by atoms with E-state index >= 15 is 0 Å². The molecule has 1 aromatic carbocycles. The van der Waals surface area contributed by atoms with Crippen LogP contribution in [0.1, 0.15) is 11.3 Å². The maximum absolute atomic E-state index is 8.92. The molecule has 0 aliphatic rings. The van der Waals surface area contributed by atoms with Gasteiger partial charge in [0, 0.05) is 0 Å². The van der Waals surface area contributed by atoms with E-state index in [1.54, 1.807) is 0 Å². The maximum atomic E-state index is 8.92. The molecule has 0 fully saturated rings. The highest BCUT2D eigenvalue weighted by molar-refractivity contribution is 5.34. The SMILES string of the molecule is Cc1ccccc1Oc1cncc(CO)n1. The van der Waals surface area contributed by atoms with Crippen molar-refractivity contribution in [1.29, 1.82) is 0 Å². The van der Waals surface area contributed by atoms with E-state index in [4.69, 9.17) is 9.84 Å². The Balaban J connectivity index is 2.24. The number of nitrogens with zero attached hydrogens (tertiary/aromatic N) is 2. The summed E-state index contributed by atoms with van der Waals surface area (Å²) in [5.41, 5.74) is 1.52. The van der Waals surface area contributed by atoms with Crippen LogP contribution < -0.4 is 4.74 Å². The van der Waals surface area contributed by atoms with Crippen LogP contribution in [0.15, 0.2) is 36.7 Å². The molecule has 0 saturated carbocycles. The summed E-state index contributed by atoms with van der Waals surface area (Å²) in [5, 5.41) is 8.92. The lowest BCUT2D eigenvalue weighted by molar-refractivity contribution is 0.274. The van der Waals surface area contributed by atoms with E-state index in [2.05, 4.69) is 9.97 Å². The number of hydrogen-bond acceptors (Lipinski definition) is 4. The van der Waals surface area contributed by atoms with Crippen LogP contribution in [0.5, 0.6) is 11.6 Å². The molecule has 82 valence electrons. The van der Waals surface area contributed by atoms with E-state index in [9.17, 15) is 0 Å². The molecule has 1 heterocycles. The third-order valence-electron chi connectivity index (χ3n) is 2.13. The molecule has 0 radical (unpaired) electrons. The summed E-state index contributed by atoms with van der Waals surface area (Å²) in [4.78, 5) is 8.03. The second kappa shape index (κ2) is 4.72. The van der Waals surface area contributed by atoms with E-state index in [-0.39, 0.29) is 6.61 Å². The molecule has 0 atom stereocenters. The van der Waals surface area contributed by atoms with Crippen LogP contribution in [0.4, 0.5) is 0 Å². The molecule has 0 spiro atoms. The average Bonchev–Trinajstić information content (AvgIpc) is 2.32. The highest BCUT2D eigenvalue weighted by Crippen LogP contribution is 2.22. The summed E-state index contributed by atoms with van der Waals surface area (Å²) in [6, 6.07) is 7.66. The Morgan fingerprint density at radius 3 is 2.81 bits per heavy atom. The number of aryl methyl sites for hydroxylation is 1. The van der Waals surface area contributed by atoms with Crippen LogP contribution in [0, 0.1) is 6.92 Å². The lowest BCUT2D eigenvalue weighted by Gasteiger charge is -2.07. The molecule has 0 aliphatic carbocycles. The van der Waals surface area contributed by atoms with Crippen LogP contribution in [-0.4, -0.2) is 15.1 Å². The summed E-state index contributed by atoms with van der Waals surface area (Å²) in [6.45, 7) is 1.82. The molecule has 4 nitrogen and oxygen atoms in total. The first-order valence-electron chi connectivity index (χ1n) is 4.95. The molecule has 2 rings (SSSR count). The first-order valence-corrected chi connectivity index (χ1v) is 4.95. The van der Waals surface area contributed by atoms with Crippen molar-refractivity contribution in [2.75, 3.05) is 0 Å². The van der Waals surface area contributed by atoms with Gasteiger partial charge in [0.25, 0.3) is 0 Å². The fourth-order valence-electron chi connectivity index (χ4n) is 1.30. The van der Waals surface area contributed by atoms with Crippen LogP contribution in [0.25, 0.3) is 0 Å². The van der Waals surface area contributed by atoms with Crippen LogP contribution in [0.2, 0.25) is 0 Å². The predicted octanol–water partition coefficient (Wildman–Crippen LogP) is 2.07. The van der Waals surface area contributed by atoms with Gasteiger partial charge in [-0.25, -0.2) is 4.98 Å². The normalized spacial score (nSPS) is 10.1. The van der Waals surface area contributed by atoms with Crippen molar-refractivity contribution >= 4 is 0 Å². The zero-order chi connectivity index (χ0) is 11.4. The standard InChI is InChI=1S/C12H12N2O2/c1-9-4-2-3-5-11(9)16-12-7-13-6-10(8-15)14-12/h2-7,15H,8H2,1H3. The molecular formula is C12H12N2O2. The molecule has 0 amide bonds. The molecular weight excluding hydrogens is 204 g/mol. The quantitative estimate of drug-likeness (QED) is 0.853. The van der Waals surface area contributed by atoms with Crippen molar-refractivity contribution in [2.45, 2.75) is 13.5 Å². The fraction of sp³-hybridized carbons (Fsp3) is 0.167. The molecule has 1 N–H and O–H groups in total. The molecule has 0 aliphatic heterocycles. The maximum Gasteiger partial charge on any atom is 0.238 e. The number of ether oxygens (including phenoxy) is 1. The van der Waals surface area contributed by atoms with Crippen molar-refractivity contribution in [3.63, 3.8) is 0 Å². The van der Waals surface area contributed by atoms with Gasteiger partial charge in [0.05, 0.1) is 24.7 Å². The number of aliphatic hydroxyl groups excluding tert-OH is 1. The van der Waals surface area contributed by atoms with E-state index in [1.807, 2.05) is 31.2 Å². The number of rotatable bonds is 3. The Kier molecular flexibility index (Phi) is 3.12. The fourth-order valence-corrected chi connectivity index (χ4v) is 1.30. The van der Waals surface area contributed by atoms with Crippen molar-refractivity contribution < 1.29 is 9.84 Å². The van der Waals surface area contributed by atoms with Crippen LogP contribution >= 0.6 is 0 Å². The van der Waals surface area contributed by atoms with Crippen LogP contribution in [-0.2, 0) is 6.61 Å². The number of benzene rings is 1. The topological polar surface area (TPSA) is 55.2 Å². The molecule has 4 heteroatoms. The first-order chi connectivity index (χ1) is 7.79. The lowest BCUT2D eigenvalue weighted by Crippen LogP contribution is -1.95. The molecule has 16 heavy (non-hydrogen) atoms. The van der Waals surface area contributed by atoms with Crippen molar-refractivity contribution in [1.82, 2.24) is 9.97 Å². The van der Waals surface area contributed by atoms with Crippen molar-refractivity contribution in [3.8, 4) is 11.6 Å². The number of aliphatic hydroxyl groups is 1. The lowest BCUT2D eigenvalue weighted by atomic mass is 10.2. The van der Waals surface area contributed by atoms with E-state index in [0.717, 1.165) is 11.3 Å². The predicted molar refractivity (Wildman–Crippen MR) is 59.2 cm³/mol. The van der Waals surface area contributed by atoms with Crippen LogP contribution in [0.3, 0.4) is 0 Å². The minimum absolute atomic E-state index is 0.141. The summed E-state index contributed by atoms with van der Waals surface area (Å²) in [5.74, 6) is 1.13. The molecule has 2 aromatic rings. The van der Waals surface area contributed by atoms with Gasteiger partial charge >= 0.3 is 0 Å². The summed E-state index contributed by atoms with van der Waals surface area (Å²) in [7, 11) is 0. The Bertz CT molecular complexity index is 486. The smallest absolute Gasteiger partial charge is 0.238 e. The highest BCUT2D eigenvalue weighted by Gasteiger charge is 2.02. The zero-order valence-electron chi connectivity index (χ0n) is 8.92. The average molecular weight is 216 g/mol. The Morgan fingerprint density at radius 2 is 2.06 bits per heavy atom. The Labute approximate surface area is 93.6 Å². The highest BCUT2D eigenvalue weighted by atomic mass is 16.5. The molecule has 1 aromatic heterocycles. The number of aromatic nitrogens is 2. The zero-order valence-corrected chi connectivity index (χ0v) is 8.92. The van der Waals surface area contributed by atoms with Crippen molar-refractivity contribution in [2.24, 2.45) is 0 Å².